The van der Waals surface area contributed by atoms with Crippen LogP contribution in [0.1, 0.15) is 64.2 Å². The Morgan fingerprint density at radius 1 is 0.931 bits per heavy atom. The smallest absolute Gasteiger partial charge is 0.352 e. The van der Waals surface area contributed by atoms with Gasteiger partial charge in [0.2, 0.25) is 11.8 Å². The zero-order valence-electron chi connectivity index (χ0n) is 17.2. The van der Waals surface area contributed by atoms with Gasteiger partial charge in [0.15, 0.2) is 0 Å². The van der Waals surface area contributed by atoms with Crippen LogP contribution < -0.4 is 5.32 Å². The molecule has 1 saturated heterocycles. The summed E-state index contributed by atoms with van der Waals surface area (Å²) < 4.78 is 38.7. The van der Waals surface area contributed by atoms with Crippen molar-refractivity contribution in [2.24, 2.45) is 11.8 Å². The van der Waals surface area contributed by atoms with Gasteiger partial charge in [-0.2, -0.15) is 13.2 Å². The first kappa shape index (κ1) is 22.4. The molecule has 0 aromatic heterocycles. The molecule has 2 unspecified atom stereocenters. The minimum atomic E-state index is -4.18. The summed E-state index contributed by atoms with van der Waals surface area (Å²) in [5.74, 6) is -0.596. The van der Waals surface area contributed by atoms with Crippen LogP contribution in [0, 0.1) is 11.8 Å². The first-order chi connectivity index (χ1) is 13.8. The van der Waals surface area contributed by atoms with Gasteiger partial charge in [-0.15, -0.1) is 0 Å². The molecule has 2 atom stereocenters. The van der Waals surface area contributed by atoms with Crippen LogP contribution in [0.4, 0.5) is 13.2 Å². The van der Waals surface area contributed by atoms with Gasteiger partial charge in [-0.05, 0) is 31.6 Å². The molecule has 1 N–H and O–H groups in total. The van der Waals surface area contributed by atoms with Crippen molar-refractivity contribution in [2.75, 3.05) is 32.7 Å². The first-order valence-electron chi connectivity index (χ1n) is 11.2. The van der Waals surface area contributed by atoms with E-state index in [9.17, 15) is 22.8 Å². The number of halogens is 3. The van der Waals surface area contributed by atoms with E-state index >= 15 is 0 Å². The van der Waals surface area contributed by atoms with Gasteiger partial charge in [0.1, 0.15) is 0 Å². The van der Waals surface area contributed by atoms with E-state index in [4.69, 9.17) is 0 Å². The summed E-state index contributed by atoms with van der Waals surface area (Å²) in [6, 6.07) is -0.388. The van der Waals surface area contributed by atoms with Crippen molar-refractivity contribution < 1.29 is 22.8 Å². The van der Waals surface area contributed by atoms with Crippen molar-refractivity contribution in [3.63, 3.8) is 0 Å². The standard InChI is InChI=1S/C21H34F3N3O2/c22-21(23,24)17-6-3-7-18(14-17)25-19(28)15-26-10-12-27(13-11-26)20(29)9-8-16-4-1-2-5-16/h16-18H,1-15H2,(H,25,28). The fourth-order valence-corrected chi connectivity index (χ4v) is 5.03. The van der Waals surface area contributed by atoms with Crippen LogP contribution in [0.15, 0.2) is 0 Å². The van der Waals surface area contributed by atoms with Gasteiger partial charge in [0.25, 0.3) is 0 Å². The highest BCUT2D eigenvalue weighted by Gasteiger charge is 2.42. The van der Waals surface area contributed by atoms with Crippen molar-refractivity contribution in [1.29, 1.82) is 0 Å². The number of hydrogen-bond donors (Lipinski definition) is 1. The van der Waals surface area contributed by atoms with Crippen LogP contribution in [-0.2, 0) is 9.59 Å². The van der Waals surface area contributed by atoms with E-state index in [1.807, 2.05) is 9.80 Å². The summed E-state index contributed by atoms with van der Waals surface area (Å²) in [5, 5.41) is 2.79. The molecule has 5 nitrogen and oxygen atoms in total. The lowest BCUT2D eigenvalue weighted by Crippen LogP contribution is -2.52. The number of amides is 2. The third-order valence-electron chi connectivity index (χ3n) is 6.84. The summed E-state index contributed by atoms with van der Waals surface area (Å²) >= 11 is 0. The topological polar surface area (TPSA) is 52.7 Å². The molecule has 2 aliphatic carbocycles. The Morgan fingerprint density at radius 2 is 1.62 bits per heavy atom. The van der Waals surface area contributed by atoms with Crippen molar-refractivity contribution >= 4 is 11.8 Å². The van der Waals surface area contributed by atoms with Crippen molar-refractivity contribution in [3.8, 4) is 0 Å². The summed E-state index contributed by atoms with van der Waals surface area (Å²) in [5.41, 5.74) is 0. The Hall–Kier alpha value is -1.31. The Morgan fingerprint density at radius 3 is 2.28 bits per heavy atom. The van der Waals surface area contributed by atoms with Crippen LogP contribution in [0.3, 0.4) is 0 Å². The number of piperazine rings is 1. The van der Waals surface area contributed by atoms with Crippen LogP contribution in [-0.4, -0.2) is 66.6 Å². The van der Waals surface area contributed by atoms with Crippen LogP contribution >= 0.6 is 0 Å². The minimum absolute atomic E-state index is 0.0154. The fourth-order valence-electron chi connectivity index (χ4n) is 5.03. The lowest BCUT2D eigenvalue weighted by Gasteiger charge is -2.35. The number of alkyl halides is 3. The quantitative estimate of drug-likeness (QED) is 0.721. The molecular weight excluding hydrogens is 383 g/mol. The number of carbonyl (C=O) groups is 2. The monoisotopic (exact) mass is 417 g/mol. The molecule has 0 aromatic rings. The average Bonchev–Trinajstić information content (AvgIpc) is 3.20. The number of nitrogens with zero attached hydrogens (tertiary/aromatic N) is 2. The number of rotatable bonds is 6. The van der Waals surface area contributed by atoms with Gasteiger partial charge in [-0.25, -0.2) is 0 Å². The van der Waals surface area contributed by atoms with Crippen molar-refractivity contribution in [1.82, 2.24) is 15.1 Å². The zero-order valence-corrected chi connectivity index (χ0v) is 17.2. The molecule has 2 saturated carbocycles. The van der Waals surface area contributed by atoms with E-state index < -0.39 is 12.1 Å². The van der Waals surface area contributed by atoms with Crippen molar-refractivity contribution in [2.45, 2.75) is 76.4 Å². The maximum atomic E-state index is 12.9. The van der Waals surface area contributed by atoms with Crippen LogP contribution in [0.5, 0.6) is 0 Å². The second-order valence-corrected chi connectivity index (χ2v) is 9.02. The van der Waals surface area contributed by atoms with Gasteiger partial charge < -0.3 is 10.2 Å². The van der Waals surface area contributed by atoms with E-state index in [0.29, 0.717) is 51.4 Å². The van der Waals surface area contributed by atoms with Gasteiger partial charge in [-0.1, -0.05) is 32.1 Å². The number of nitrogens with one attached hydrogen (secondary N) is 1. The Balaban J connectivity index is 1.33. The van der Waals surface area contributed by atoms with Crippen molar-refractivity contribution in [3.05, 3.63) is 0 Å². The normalized spacial score (nSPS) is 27.2. The molecule has 29 heavy (non-hydrogen) atoms. The fraction of sp³-hybridized carbons (Fsp3) is 0.905. The molecule has 0 radical (unpaired) electrons. The molecule has 166 valence electrons. The number of carbonyl (C=O) groups excluding carboxylic acids is 2. The van der Waals surface area contributed by atoms with E-state index in [1.54, 1.807) is 0 Å². The third kappa shape index (κ3) is 6.86. The SMILES string of the molecule is O=C(CN1CCN(C(=O)CCC2CCCC2)CC1)NC1CCCC(C(F)(F)F)C1. The molecule has 0 bridgehead atoms. The highest BCUT2D eigenvalue weighted by molar-refractivity contribution is 5.78. The molecule has 3 fully saturated rings. The van der Waals surface area contributed by atoms with E-state index in [1.165, 1.54) is 25.7 Å². The van der Waals surface area contributed by atoms with E-state index in [2.05, 4.69) is 5.32 Å². The summed E-state index contributed by atoms with van der Waals surface area (Å²) in [7, 11) is 0. The van der Waals surface area contributed by atoms with Gasteiger partial charge >= 0.3 is 6.18 Å². The molecular formula is C21H34F3N3O2. The highest BCUT2D eigenvalue weighted by Crippen LogP contribution is 2.37. The maximum Gasteiger partial charge on any atom is 0.391 e. The second kappa shape index (κ2) is 10.1. The molecule has 8 heteroatoms. The van der Waals surface area contributed by atoms with Gasteiger partial charge in [0, 0.05) is 38.6 Å². The molecule has 3 rings (SSSR count). The Bertz CT molecular complexity index is 556. The molecule has 0 aromatic carbocycles. The predicted molar refractivity (Wildman–Crippen MR) is 104 cm³/mol. The zero-order chi connectivity index (χ0) is 20.9. The van der Waals surface area contributed by atoms with Crippen LogP contribution in [0.25, 0.3) is 0 Å². The average molecular weight is 418 g/mol. The maximum absolute atomic E-state index is 12.9. The van der Waals surface area contributed by atoms with Gasteiger partial charge in [0.05, 0.1) is 12.5 Å². The predicted octanol–water partition coefficient (Wildman–Crippen LogP) is 3.34. The van der Waals surface area contributed by atoms with Crippen LogP contribution in [0.2, 0.25) is 0 Å². The van der Waals surface area contributed by atoms with Gasteiger partial charge in [-0.3, -0.25) is 14.5 Å². The third-order valence-corrected chi connectivity index (χ3v) is 6.84. The molecule has 0 spiro atoms. The Labute approximate surface area is 171 Å². The van der Waals surface area contributed by atoms with E-state index in [-0.39, 0.29) is 37.2 Å². The summed E-state index contributed by atoms with van der Waals surface area (Å²) in [6.07, 6.45) is 3.76. The molecule has 1 heterocycles. The minimum Gasteiger partial charge on any atom is -0.352 e. The Kier molecular flexibility index (Phi) is 7.82. The summed E-state index contributed by atoms with van der Waals surface area (Å²) in [4.78, 5) is 28.6. The highest BCUT2D eigenvalue weighted by atomic mass is 19.4. The largest absolute Gasteiger partial charge is 0.391 e. The molecule has 1 aliphatic heterocycles. The second-order valence-electron chi connectivity index (χ2n) is 9.02. The lowest BCUT2D eigenvalue weighted by atomic mass is 9.85. The summed E-state index contributed by atoms with van der Waals surface area (Å²) in [6.45, 7) is 2.71. The molecule has 2 amide bonds. The van der Waals surface area contributed by atoms with E-state index in [0.717, 1.165) is 6.42 Å². The molecule has 3 aliphatic rings. The lowest BCUT2D eigenvalue weighted by molar-refractivity contribution is -0.184. The number of hydrogen-bond acceptors (Lipinski definition) is 3. The first-order valence-corrected chi connectivity index (χ1v) is 11.2.